The summed E-state index contributed by atoms with van der Waals surface area (Å²) < 4.78 is 5.49. The third-order valence-electron chi connectivity index (χ3n) is 3.87. The van der Waals surface area contributed by atoms with Crippen molar-refractivity contribution in [3.63, 3.8) is 0 Å². The Hall–Kier alpha value is -1.92. The molecule has 2 rings (SSSR count). The van der Waals surface area contributed by atoms with Crippen LogP contribution in [0.5, 0.6) is 0 Å². The molecular weight excluding hydrogens is 306 g/mol. The standard InChI is InChI=1S/C18H27N3O3/c1-12(2)9-16(22)21-15-6-4-5-14(10-15)11-20-18(23)17-13(3)24-8-7-19-17/h4-6,10,12-13,17,19H,7-9,11H2,1-3H3,(H,20,23)(H,21,22)/t13-,17+/m1/s1. The molecule has 1 fully saturated rings. The van der Waals surface area contributed by atoms with Gasteiger partial charge in [-0.15, -0.1) is 0 Å². The maximum Gasteiger partial charge on any atom is 0.240 e. The van der Waals surface area contributed by atoms with Crippen LogP contribution in [-0.4, -0.2) is 37.1 Å². The van der Waals surface area contributed by atoms with Gasteiger partial charge in [-0.3, -0.25) is 9.59 Å². The zero-order valence-electron chi connectivity index (χ0n) is 14.6. The van der Waals surface area contributed by atoms with Gasteiger partial charge in [-0.1, -0.05) is 26.0 Å². The number of ether oxygens (including phenoxy) is 1. The Labute approximate surface area is 143 Å². The lowest BCUT2D eigenvalue weighted by atomic mass is 10.1. The van der Waals surface area contributed by atoms with Gasteiger partial charge in [0.1, 0.15) is 6.04 Å². The Morgan fingerprint density at radius 1 is 1.38 bits per heavy atom. The van der Waals surface area contributed by atoms with Crippen molar-refractivity contribution in [1.82, 2.24) is 10.6 Å². The molecule has 0 spiro atoms. The lowest BCUT2D eigenvalue weighted by Crippen LogP contribution is -2.55. The van der Waals surface area contributed by atoms with Crippen LogP contribution in [0.4, 0.5) is 5.69 Å². The highest BCUT2D eigenvalue weighted by molar-refractivity contribution is 5.90. The average Bonchev–Trinajstić information content (AvgIpc) is 2.52. The first-order valence-corrected chi connectivity index (χ1v) is 8.47. The van der Waals surface area contributed by atoms with Gasteiger partial charge in [0, 0.05) is 25.2 Å². The molecule has 0 saturated carbocycles. The van der Waals surface area contributed by atoms with Crippen LogP contribution < -0.4 is 16.0 Å². The summed E-state index contributed by atoms with van der Waals surface area (Å²) in [6.45, 7) is 7.63. The smallest absolute Gasteiger partial charge is 0.240 e. The molecule has 1 aliphatic heterocycles. The summed E-state index contributed by atoms with van der Waals surface area (Å²) in [5, 5.41) is 8.97. The van der Waals surface area contributed by atoms with Crippen LogP contribution in [0.3, 0.4) is 0 Å². The van der Waals surface area contributed by atoms with Crippen LogP contribution in [0, 0.1) is 5.92 Å². The number of rotatable bonds is 6. The second kappa shape index (κ2) is 8.80. The van der Waals surface area contributed by atoms with Crippen molar-refractivity contribution >= 4 is 17.5 Å². The monoisotopic (exact) mass is 333 g/mol. The van der Waals surface area contributed by atoms with Gasteiger partial charge in [0.15, 0.2) is 0 Å². The van der Waals surface area contributed by atoms with Crippen molar-refractivity contribution in [2.24, 2.45) is 5.92 Å². The number of hydrogen-bond acceptors (Lipinski definition) is 4. The maximum atomic E-state index is 12.2. The molecule has 24 heavy (non-hydrogen) atoms. The van der Waals surface area contributed by atoms with E-state index >= 15 is 0 Å². The largest absolute Gasteiger partial charge is 0.375 e. The molecule has 1 saturated heterocycles. The maximum absolute atomic E-state index is 12.2. The molecule has 1 heterocycles. The highest BCUT2D eigenvalue weighted by atomic mass is 16.5. The Morgan fingerprint density at radius 3 is 2.88 bits per heavy atom. The molecule has 2 amide bonds. The van der Waals surface area contributed by atoms with Crippen LogP contribution in [0.15, 0.2) is 24.3 Å². The normalized spacial score (nSPS) is 20.7. The van der Waals surface area contributed by atoms with E-state index in [9.17, 15) is 9.59 Å². The summed E-state index contributed by atoms with van der Waals surface area (Å²) in [5.41, 5.74) is 1.69. The fourth-order valence-corrected chi connectivity index (χ4v) is 2.67. The number of benzene rings is 1. The number of carbonyl (C=O) groups is 2. The van der Waals surface area contributed by atoms with E-state index in [1.807, 2.05) is 45.0 Å². The number of carbonyl (C=O) groups excluding carboxylic acids is 2. The minimum Gasteiger partial charge on any atom is -0.375 e. The van der Waals surface area contributed by atoms with Gasteiger partial charge in [0.2, 0.25) is 11.8 Å². The van der Waals surface area contributed by atoms with Crippen LogP contribution >= 0.6 is 0 Å². The number of amides is 2. The Kier molecular flexibility index (Phi) is 6.75. The average molecular weight is 333 g/mol. The molecule has 0 aromatic heterocycles. The van der Waals surface area contributed by atoms with E-state index in [0.29, 0.717) is 32.0 Å². The summed E-state index contributed by atoms with van der Waals surface area (Å²) in [5.74, 6) is 0.250. The minimum atomic E-state index is -0.326. The van der Waals surface area contributed by atoms with Crippen LogP contribution in [0.1, 0.15) is 32.8 Å². The summed E-state index contributed by atoms with van der Waals surface area (Å²) >= 11 is 0. The van der Waals surface area contributed by atoms with Gasteiger partial charge in [-0.05, 0) is 30.5 Å². The van der Waals surface area contributed by atoms with E-state index in [-0.39, 0.29) is 24.0 Å². The fraction of sp³-hybridized carbons (Fsp3) is 0.556. The summed E-state index contributed by atoms with van der Waals surface area (Å²) in [6.07, 6.45) is 0.354. The molecule has 1 aliphatic rings. The second-order valence-electron chi connectivity index (χ2n) is 6.57. The lowest BCUT2D eigenvalue weighted by molar-refractivity contribution is -0.129. The van der Waals surface area contributed by atoms with Gasteiger partial charge >= 0.3 is 0 Å². The Morgan fingerprint density at radius 2 is 2.17 bits per heavy atom. The molecule has 0 unspecified atom stereocenters. The molecule has 1 aromatic carbocycles. The lowest BCUT2D eigenvalue weighted by Gasteiger charge is -2.29. The predicted molar refractivity (Wildman–Crippen MR) is 93.6 cm³/mol. The third-order valence-corrected chi connectivity index (χ3v) is 3.87. The molecule has 2 atom stereocenters. The molecule has 1 aromatic rings. The van der Waals surface area contributed by atoms with Gasteiger partial charge < -0.3 is 20.7 Å². The zero-order valence-corrected chi connectivity index (χ0v) is 14.6. The van der Waals surface area contributed by atoms with E-state index in [0.717, 1.165) is 11.3 Å². The molecule has 3 N–H and O–H groups in total. The number of anilines is 1. The first-order chi connectivity index (χ1) is 11.5. The highest BCUT2D eigenvalue weighted by Gasteiger charge is 2.27. The molecule has 6 heteroatoms. The van der Waals surface area contributed by atoms with E-state index in [1.54, 1.807) is 0 Å². The number of nitrogens with one attached hydrogen (secondary N) is 3. The molecule has 132 valence electrons. The van der Waals surface area contributed by atoms with Gasteiger partial charge in [-0.25, -0.2) is 0 Å². The first-order valence-electron chi connectivity index (χ1n) is 8.47. The topological polar surface area (TPSA) is 79.5 Å². The van der Waals surface area contributed by atoms with Crippen LogP contribution in [0.25, 0.3) is 0 Å². The van der Waals surface area contributed by atoms with E-state index in [2.05, 4.69) is 16.0 Å². The van der Waals surface area contributed by atoms with Gasteiger partial charge in [0.25, 0.3) is 0 Å². The van der Waals surface area contributed by atoms with E-state index in [1.165, 1.54) is 0 Å². The second-order valence-corrected chi connectivity index (χ2v) is 6.57. The first kappa shape index (κ1) is 18.4. The highest BCUT2D eigenvalue weighted by Crippen LogP contribution is 2.12. The van der Waals surface area contributed by atoms with Crippen molar-refractivity contribution in [3.05, 3.63) is 29.8 Å². The predicted octanol–water partition coefficient (Wildman–Crippen LogP) is 1.66. The quantitative estimate of drug-likeness (QED) is 0.740. The fourth-order valence-electron chi connectivity index (χ4n) is 2.67. The van der Waals surface area contributed by atoms with Crippen LogP contribution in [0.2, 0.25) is 0 Å². The van der Waals surface area contributed by atoms with Crippen LogP contribution in [-0.2, 0) is 20.9 Å². The third kappa shape index (κ3) is 5.62. The molecule has 6 nitrogen and oxygen atoms in total. The van der Waals surface area contributed by atoms with Crippen molar-refractivity contribution in [2.45, 2.75) is 45.9 Å². The van der Waals surface area contributed by atoms with Crippen molar-refractivity contribution < 1.29 is 14.3 Å². The van der Waals surface area contributed by atoms with Crippen molar-refractivity contribution in [1.29, 1.82) is 0 Å². The summed E-state index contributed by atoms with van der Waals surface area (Å²) in [7, 11) is 0. The Bertz CT molecular complexity index is 574. The molecular formula is C18H27N3O3. The number of morpholine rings is 1. The van der Waals surface area contributed by atoms with Gasteiger partial charge in [-0.2, -0.15) is 0 Å². The van der Waals surface area contributed by atoms with E-state index in [4.69, 9.17) is 4.74 Å². The summed E-state index contributed by atoms with van der Waals surface area (Å²) in [4.78, 5) is 24.1. The number of hydrogen-bond donors (Lipinski definition) is 3. The van der Waals surface area contributed by atoms with Crippen molar-refractivity contribution in [2.75, 3.05) is 18.5 Å². The van der Waals surface area contributed by atoms with Gasteiger partial charge in [0.05, 0.1) is 12.7 Å². The zero-order chi connectivity index (χ0) is 17.5. The summed E-state index contributed by atoms with van der Waals surface area (Å²) in [6, 6.07) is 7.20. The molecule has 0 bridgehead atoms. The molecule has 0 aliphatic carbocycles. The molecule has 0 radical (unpaired) electrons. The van der Waals surface area contributed by atoms with E-state index < -0.39 is 0 Å². The minimum absolute atomic E-state index is 0.00330. The van der Waals surface area contributed by atoms with Crippen molar-refractivity contribution in [3.8, 4) is 0 Å². The SMILES string of the molecule is CC(C)CC(=O)Nc1cccc(CNC(=O)[C@H]2NCCO[C@@H]2C)c1. The Balaban J connectivity index is 1.87.